The van der Waals surface area contributed by atoms with Crippen LogP contribution in [0.15, 0.2) is 30.3 Å². The van der Waals surface area contributed by atoms with E-state index < -0.39 is 0 Å². The molecule has 2 aliphatic heterocycles. The van der Waals surface area contributed by atoms with Crippen molar-refractivity contribution in [2.45, 2.75) is 58.2 Å². The third-order valence-electron chi connectivity index (χ3n) is 6.25. The Labute approximate surface area is 159 Å². The van der Waals surface area contributed by atoms with E-state index in [9.17, 15) is 4.79 Å². The second kappa shape index (κ2) is 9.01. The molecule has 144 valence electrons. The zero-order valence-corrected chi connectivity index (χ0v) is 16.7. The molecule has 2 fully saturated rings. The third kappa shape index (κ3) is 4.86. The smallest absolute Gasteiger partial charge is 0.226 e. The topological polar surface area (TPSA) is 26.8 Å². The number of rotatable bonds is 5. The lowest BCUT2D eigenvalue weighted by molar-refractivity contribution is -0.138. The van der Waals surface area contributed by atoms with Crippen molar-refractivity contribution in [3.8, 4) is 0 Å². The van der Waals surface area contributed by atoms with Gasteiger partial charge in [-0.25, -0.2) is 0 Å². The summed E-state index contributed by atoms with van der Waals surface area (Å²) in [6.07, 6.45) is 4.67. The van der Waals surface area contributed by atoms with Gasteiger partial charge in [-0.3, -0.25) is 14.6 Å². The molecule has 1 atom stereocenters. The van der Waals surface area contributed by atoms with Gasteiger partial charge in [0.1, 0.15) is 0 Å². The van der Waals surface area contributed by atoms with Gasteiger partial charge in [0.2, 0.25) is 5.91 Å². The number of benzene rings is 1. The number of carbonyl (C=O) groups is 1. The van der Waals surface area contributed by atoms with Crippen LogP contribution in [0.25, 0.3) is 0 Å². The number of nitrogens with zero attached hydrogens (tertiary/aromatic N) is 3. The monoisotopic (exact) mass is 357 g/mol. The zero-order chi connectivity index (χ0) is 18.5. The fraction of sp³-hybridized carbons (Fsp3) is 0.682. The lowest BCUT2D eigenvalue weighted by atomic mass is 9.92. The quantitative estimate of drug-likeness (QED) is 0.809. The fourth-order valence-corrected chi connectivity index (χ4v) is 4.37. The minimum Gasteiger partial charge on any atom is -0.343 e. The molecule has 1 amide bonds. The normalized spacial score (nSPS) is 23.3. The SMILES string of the molecule is CC(C)N(C)C(=O)[C@H]1CCCN(C2CCN(Cc3ccccc3)CC2)C1. The molecule has 0 aromatic heterocycles. The lowest BCUT2D eigenvalue weighted by Gasteiger charge is -2.42. The molecule has 0 radical (unpaired) electrons. The summed E-state index contributed by atoms with van der Waals surface area (Å²) in [5.41, 5.74) is 1.41. The van der Waals surface area contributed by atoms with E-state index in [1.54, 1.807) is 0 Å². The predicted octanol–water partition coefficient (Wildman–Crippen LogP) is 3.23. The van der Waals surface area contributed by atoms with E-state index in [-0.39, 0.29) is 5.92 Å². The number of carbonyl (C=O) groups excluding carboxylic acids is 1. The van der Waals surface area contributed by atoms with Crippen LogP contribution in [0.1, 0.15) is 45.1 Å². The number of amides is 1. The van der Waals surface area contributed by atoms with Gasteiger partial charge in [-0.05, 0) is 64.7 Å². The van der Waals surface area contributed by atoms with Crippen molar-refractivity contribution >= 4 is 5.91 Å². The summed E-state index contributed by atoms with van der Waals surface area (Å²) in [6, 6.07) is 11.7. The number of piperidine rings is 2. The Balaban J connectivity index is 1.49. The van der Waals surface area contributed by atoms with E-state index in [4.69, 9.17) is 0 Å². The van der Waals surface area contributed by atoms with E-state index in [1.165, 1.54) is 38.0 Å². The van der Waals surface area contributed by atoms with Crippen molar-refractivity contribution in [3.05, 3.63) is 35.9 Å². The van der Waals surface area contributed by atoms with Crippen LogP contribution in [0.2, 0.25) is 0 Å². The summed E-state index contributed by atoms with van der Waals surface area (Å²) in [5, 5.41) is 0. The molecule has 1 aromatic carbocycles. The van der Waals surface area contributed by atoms with E-state index >= 15 is 0 Å². The molecule has 3 rings (SSSR count). The van der Waals surface area contributed by atoms with Crippen molar-refractivity contribution in [3.63, 3.8) is 0 Å². The van der Waals surface area contributed by atoms with Gasteiger partial charge in [0.05, 0.1) is 5.92 Å². The molecular formula is C22H35N3O. The minimum absolute atomic E-state index is 0.193. The van der Waals surface area contributed by atoms with Crippen molar-refractivity contribution in [1.29, 1.82) is 0 Å². The van der Waals surface area contributed by atoms with Crippen LogP contribution in [-0.4, -0.2) is 65.9 Å². The van der Waals surface area contributed by atoms with E-state index in [1.807, 2.05) is 11.9 Å². The lowest BCUT2D eigenvalue weighted by Crippen LogP contribution is -2.51. The van der Waals surface area contributed by atoms with Crippen molar-refractivity contribution in [2.75, 3.05) is 33.2 Å². The van der Waals surface area contributed by atoms with Crippen LogP contribution in [0, 0.1) is 5.92 Å². The predicted molar refractivity (Wildman–Crippen MR) is 107 cm³/mol. The highest BCUT2D eigenvalue weighted by atomic mass is 16.2. The molecule has 4 nitrogen and oxygen atoms in total. The average molecular weight is 358 g/mol. The van der Waals surface area contributed by atoms with Crippen LogP contribution >= 0.6 is 0 Å². The Morgan fingerprint density at radius 3 is 2.46 bits per heavy atom. The molecule has 0 spiro atoms. The van der Waals surface area contributed by atoms with Crippen LogP contribution in [0.5, 0.6) is 0 Å². The maximum absolute atomic E-state index is 12.7. The number of likely N-dealkylation sites (tertiary alicyclic amines) is 2. The van der Waals surface area contributed by atoms with Crippen molar-refractivity contribution in [2.24, 2.45) is 5.92 Å². The molecule has 2 heterocycles. The molecule has 0 saturated carbocycles. The maximum Gasteiger partial charge on any atom is 0.226 e. The highest BCUT2D eigenvalue weighted by Crippen LogP contribution is 2.25. The molecular weight excluding hydrogens is 322 g/mol. The van der Waals surface area contributed by atoms with E-state index in [2.05, 4.69) is 54.0 Å². The van der Waals surface area contributed by atoms with Gasteiger partial charge in [-0.15, -0.1) is 0 Å². The molecule has 1 aromatic rings. The Kier molecular flexibility index (Phi) is 6.71. The van der Waals surface area contributed by atoms with Gasteiger partial charge in [0.15, 0.2) is 0 Å². The first kappa shape index (κ1) is 19.4. The van der Waals surface area contributed by atoms with Crippen LogP contribution in [0.4, 0.5) is 0 Å². The molecule has 0 N–H and O–H groups in total. The number of hydrogen-bond donors (Lipinski definition) is 0. The Morgan fingerprint density at radius 1 is 1.12 bits per heavy atom. The second-order valence-corrected chi connectivity index (χ2v) is 8.37. The molecule has 26 heavy (non-hydrogen) atoms. The summed E-state index contributed by atoms with van der Waals surface area (Å²) in [4.78, 5) is 19.8. The first-order valence-corrected chi connectivity index (χ1v) is 10.3. The summed E-state index contributed by atoms with van der Waals surface area (Å²) in [5.74, 6) is 0.532. The Morgan fingerprint density at radius 2 is 1.81 bits per heavy atom. The second-order valence-electron chi connectivity index (χ2n) is 8.37. The van der Waals surface area contributed by atoms with E-state index in [0.717, 1.165) is 25.9 Å². The van der Waals surface area contributed by atoms with Gasteiger partial charge in [-0.1, -0.05) is 30.3 Å². The minimum atomic E-state index is 0.193. The summed E-state index contributed by atoms with van der Waals surface area (Å²) in [6.45, 7) is 9.72. The molecule has 2 saturated heterocycles. The fourth-order valence-electron chi connectivity index (χ4n) is 4.37. The van der Waals surface area contributed by atoms with Gasteiger partial charge >= 0.3 is 0 Å². The average Bonchev–Trinajstić information content (AvgIpc) is 2.68. The maximum atomic E-state index is 12.7. The van der Waals surface area contributed by atoms with Gasteiger partial charge < -0.3 is 4.90 Å². The molecule has 0 aliphatic carbocycles. The van der Waals surface area contributed by atoms with Crippen LogP contribution in [0.3, 0.4) is 0 Å². The first-order valence-electron chi connectivity index (χ1n) is 10.3. The molecule has 2 aliphatic rings. The van der Waals surface area contributed by atoms with Gasteiger partial charge in [0.25, 0.3) is 0 Å². The number of hydrogen-bond acceptors (Lipinski definition) is 3. The van der Waals surface area contributed by atoms with Crippen molar-refractivity contribution < 1.29 is 4.79 Å². The largest absolute Gasteiger partial charge is 0.343 e. The molecule has 0 bridgehead atoms. The third-order valence-corrected chi connectivity index (χ3v) is 6.25. The van der Waals surface area contributed by atoms with E-state index in [0.29, 0.717) is 18.0 Å². The van der Waals surface area contributed by atoms with Crippen molar-refractivity contribution in [1.82, 2.24) is 14.7 Å². The molecule has 0 unspecified atom stereocenters. The van der Waals surface area contributed by atoms with Crippen LogP contribution < -0.4 is 0 Å². The highest BCUT2D eigenvalue weighted by molar-refractivity contribution is 5.79. The van der Waals surface area contributed by atoms with Gasteiger partial charge in [0, 0.05) is 32.2 Å². The molecule has 4 heteroatoms. The first-order chi connectivity index (χ1) is 12.5. The standard InChI is InChI=1S/C22H35N3O/c1-18(2)23(3)22(26)20-10-7-13-25(17-20)21-11-14-24(15-12-21)16-19-8-5-4-6-9-19/h4-6,8-9,18,20-21H,7,10-17H2,1-3H3/t20-/m0/s1. The Bertz CT molecular complexity index is 566. The summed E-state index contributed by atoms with van der Waals surface area (Å²) >= 11 is 0. The summed E-state index contributed by atoms with van der Waals surface area (Å²) < 4.78 is 0. The Hall–Kier alpha value is -1.39. The summed E-state index contributed by atoms with van der Waals surface area (Å²) in [7, 11) is 1.95. The van der Waals surface area contributed by atoms with Gasteiger partial charge in [-0.2, -0.15) is 0 Å². The van der Waals surface area contributed by atoms with Crippen LogP contribution in [-0.2, 0) is 11.3 Å². The highest BCUT2D eigenvalue weighted by Gasteiger charge is 2.33. The zero-order valence-electron chi connectivity index (χ0n) is 16.7.